The number of hydrogen-bond donors (Lipinski definition) is 1. The first-order chi connectivity index (χ1) is 6.95. The second-order valence-electron chi connectivity index (χ2n) is 3.25. The highest BCUT2D eigenvalue weighted by atomic mass is 19.4. The van der Waals surface area contributed by atoms with Gasteiger partial charge in [-0.05, 0) is 24.1 Å². The zero-order valence-corrected chi connectivity index (χ0v) is 8.09. The first kappa shape index (κ1) is 11.8. The number of hydrogen-bond acceptors (Lipinski definition) is 1. The van der Waals surface area contributed by atoms with Crippen molar-refractivity contribution in [3.8, 4) is 0 Å². The molecule has 0 aliphatic heterocycles. The van der Waals surface area contributed by atoms with Crippen LogP contribution in [0.1, 0.15) is 23.6 Å². The minimum absolute atomic E-state index is 0.287. The lowest BCUT2D eigenvalue weighted by atomic mass is 10.0. The van der Waals surface area contributed by atoms with E-state index in [1.54, 1.807) is 6.08 Å². The fourth-order valence-corrected chi connectivity index (χ4v) is 1.23. The molecular weight excluding hydrogens is 203 g/mol. The molecule has 0 aromatic heterocycles. The van der Waals surface area contributed by atoms with E-state index in [0.717, 1.165) is 12.1 Å². The fraction of sp³-hybridized carbons (Fsp3) is 0.273. The monoisotopic (exact) mass is 215 g/mol. The molecule has 15 heavy (non-hydrogen) atoms. The van der Waals surface area contributed by atoms with Crippen LogP contribution in [-0.4, -0.2) is 0 Å². The van der Waals surface area contributed by atoms with Gasteiger partial charge in [-0.15, -0.1) is 6.58 Å². The molecule has 82 valence electrons. The Kier molecular flexibility index (Phi) is 3.52. The Hall–Kier alpha value is -1.29. The van der Waals surface area contributed by atoms with Crippen molar-refractivity contribution in [1.29, 1.82) is 0 Å². The van der Waals surface area contributed by atoms with Gasteiger partial charge in [-0.3, -0.25) is 0 Å². The molecule has 0 aliphatic rings. The Labute approximate surface area is 86.4 Å². The summed E-state index contributed by atoms with van der Waals surface area (Å²) in [6, 6.07) is 4.59. The van der Waals surface area contributed by atoms with Crippen molar-refractivity contribution < 1.29 is 13.2 Å². The van der Waals surface area contributed by atoms with Crippen molar-refractivity contribution in [2.24, 2.45) is 5.73 Å². The molecule has 0 amide bonds. The average Bonchev–Trinajstić information content (AvgIpc) is 2.17. The van der Waals surface area contributed by atoms with Crippen LogP contribution in [0.2, 0.25) is 0 Å². The third kappa shape index (κ3) is 3.09. The van der Waals surface area contributed by atoms with E-state index in [-0.39, 0.29) is 6.04 Å². The molecule has 1 atom stereocenters. The molecule has 1 aromatic rings. The van der Waals surface area contributed by atoms with Crippen LogP contribution in [0.4, 0.5) is 13.2 Å². The van der Waals surface area contributed by atoms with E-state index in [0.29, 0.717) is 12.0 Å². The zero-order chi connectivity index (χ0) is 11.5. The van der Waals surface area contributed by atoms with Crippen LogP contribution in [0.15, 0.2) is 36.9 Å². The highest BCUT2D eigenvalue weighted by Gasteiger charge is 2.30. The largest absolute Gasteiger partial charge is 0.416 e. The van der Waals surface area contributed by atoms with Gasteiger partial charge in [0, 0.05) is 6.04 Å². The maximum atomic E-state index is 12.2. The van der Waals surface area contributed by atoms with Crippen LogP contribution in [0.5, 0.6) is 0 Å². The molecule has 1 rings (SSSR count). The van der Waals surface area contributed by atoms with E-state index in [9.17, 15) is 13.2 Å². The molecule has 0 unspecified atom stereocenters. The first-order valence-corrected chi connectivity index (χ1v) is 4.49. The van der Waals surface area contributed by atoms with Crippen LogP contribution in [-0.2, 0) is 6.18 Å². The molecule has 0 saturated heterocycles. The van der Waals surface area contributed by atoms with Gasteiger partial charge in [0.2, 0.25) is 0 Å². The Morgan fingerprint density at radius 2 is 1.80 bits per heavy atom. The summed E-state index contributed by atoms with van der Waals surface area (Å²) in [5.74, 6) is 0. The first-order valence-electron chi connectivity index (χ1n) is 4.49. The van der Waals surface area contributed by atoms with Crippen LogP contribution < -0.4 is 5.73 Å². The lowest BCUT2D eigenvalue weighted by Crippen LogP contribution is -2.10. The highest BCUT2D eigenvalue weighted by molar-refractivity contribution is 5.26. The van der Waals surface area contributed by atoms with Crippen LogP contribution in [0.25, 0.3) is 0 Å². The van der Waals surface area contributed by atoms with E-state index in [4.69, 9.17) is 5.73 Å². The number of halogens is 3. The molecule has 0 spiro atoms. The number of alkyl halides is 3. The second kappa shape index (κ2) is 4.49. The fourth-order valence-electron chi connectivity index (χ4n) is 1.23. The SMILES string of the molecule is C=CC[C@H](N)c1ccc(C(F)(F)F)cc1. The van der Waals surface area contributed by atoms with E-state index in [2.05, 4.69) is 6.58 Å². The number of nitrogens with two attached hydrogens (primary N) is 1. The van der Waals surface area contributed by atoms with Gasteiger partial charge < -0.3 is 5.73 Å². The van der Waals surface area contributed by atoms with Crippen molar-refractivity contribution in [2.75, 3.05) is 0 Å². The lowest BCUT2D eigenvalue weighted by Gasteiger charge is -2.11. The van der Waals surface area contributed by atoms with Crippen LogP contribution >= 0.6 is 0 Å². The molecule has 4 heteroatoms. The molecule has 0 radical (unpaired) electrons. The highest BCUT2D eigenvalue weighted by Crippen LogP contribution is 2.29. The Morgan fingerprint density at radius 3 is 2.20 bits per heavy atom. The van der Waals surface area contributed by atoms with E-state index in [1.165, 1.54) is 12.1 Å². The van der Waals surface area contributed by atoms with E-state index in [1.807, 2.05) is 0 Å². The van der Waals surface area contributed by atoms with Gasteiger partial charge in [0.05, 0.1) is 5.56 Å². The van der Waals surface area contributed by atoms with Gasteiger partial charge in [0.1, 0.15) is 0 Å². The molecule has 1 aromatic carbocycles. The third-order valence-electron chi connectivity index (χ3n) is 2.09. The normalized spacial score (nSPS) is 13.6. The lowest BCUT2D eigenvalue weighted by molar-refractivity contribution is -0.137. The Morgan fingerprint density at radius 1 is 1.27 bits per heavy atom. The van der Waals surface area contributed by atoms with E-state index >= 15 is 0 Å². The summed E-state index contributed by atoms with van der Waals surface area (Å²) in [6.07, 6.45) is -2.10. The van der Waals surface area contributed by atoms with Gasteiger partial charge >= 0.3 is 6.18 Å². The molecule has 1 nitrogen and oxygen atoms in total. The van der Waals surface area contributed by atoms with Crippen molar-refractivity contribution >= 4 is 0 Å². The van der Waals surface area contributed by atoms with Crippen molar-refractivity contribution in [2.45, 2.75) is 18.6 Å². The summed E-state index contributed by atoms with van der Waals surface area (Å²) >= 11 is 0. The third-order valence-corrected chi connectivity index (χ3v) is 2.09. The molecule has 0 heterocycles. The average molecular weight is 215 g/mol. The summed E-state index contributed by atoms with van der Waals surface area (Å²) in [5, 5.41) is 0. The van der Waals surface area contributed by atoms with Crippen molar-refractivity contribution in [1.82, 2.24) is 0 Å². The molecular formula is C11H12F3N. The van der Waals surface area contributed by atoms with Crippen LogP contribution in [0, 0.1) is 0 Å². The minimum Gasteiger partial charge on any atom is -0.324 e. The summed E-state index contributed by atoms with van der Waals surface area (Å²) < 4.78 is 36.7. The summed E-state index contributed by atoms with van der Waals surface area (Å²) in [5.41, 5.74) is 5.74. The second-order valence-corrected chi connectivity index (χ2v) is 3.25. The molecule has 0 aliphatic carbocycles. The van der Waals surface area contributed by atoms with Gasteiger partial charge in [-0.2, -0.15) is 13.2 Å². The van der Waals surface area contributed by atoms with Gasteiger partial charge in [0.25, 0.3) is 0 Å². The summed E-state index contributed by atoms with van der Waals surface area (Å²) in [4.78, 5) is 0. The smallest absolute Gasteiger partial charge is 0.324 e. The maximum absolute atomic E-state index is 12.2. The number of rotatable bonds is 3. The van der Waals surface area contributed by atoms with Gasteiger partial charge in [0.15, 0.2) is 0 Å². The summed E-state index contributed by atoms with van der Waals surface area (Å²) in [7, 11) is 0. The van der Waals surface area contributed by atoms with Crippen molar-refractivity contribution in [3.63, 3.8) is 0 Å². The zero-order valence-electron chi connectivity index (χ0n) is 8.09. The molecule has 2 N–H and O–H groups in total. The summed E-state index contributed by atoms with van der Waals surface area (Å²) in [6.45, 7) is 3.52. The van der Waals surface area contributed by atoms with E-state index < -0.39 is 11.7 Å². The number of benzene rings is 1. The van der Waals surface area contributed by atoms with Gasteiger partial charge in [-0.1, -0.05) is 18.2 Å². The Bertz CT molecular complexity index is 327. The Balaban J connectivity index is 2.85. The van der Waals surface area contributed by atoms with Gasteiger partial charge in [-0.25, -0.2) is 0 Å². The molecule has 0 fully saturated rings. The standard InChI is InChI=1S/C11H12F3N/c1-2-3-10(15)8-4-6-9(7-5-8)11(12,13)14/h2,4-7,10H,1,3,15H2/t10-/m0/s1. The minimum atomic E-state index is -4.29. The quantitative estimate of drug-likeness (QED) is 0.769. The predicted octanol–water partition coefficient (Wildman–Crippen LogP) is 3.28. The van der Waals surface area contributed by atoms with Crippen molar-refractivity contribution in [3.05, 3.63) is 48.0 Å². The maximum Gasteiger partial charge on any atom is 0.416 e. The molecule has 0 bridgehead atoms. The molecule has 0 saturated carbocycles. The van der Waals surface area contributed by atoms with Crippen LogP contribution in [0.3, 0.4) is 0 Å². The predicted molar refractivity (Wildman–Crippen MR) is 53.2 cm³/mol. The topological polar surface area (TPSA) is 26.0 Å².